The molecule has 0 amide bonds. The number of halogens is 1. The van der Waals surface area contributed by atoms with Gasteiger partial charge in [-0.25, -0.2) is 43.8 Å². The first-order valence-electron chi connectivity index (χ1n) is 17.7. The van der Waals surface area contributed by atoms with E-state index in [4.69, 9.17) is 43.8 Å². The summed E-state index contributed by atoms with van der Waals surface area (Å²) in [5, 5.41) is 42.7. The van der Waals surface area contributed by atoms with Gasteiger partial charge in [-0.3, -0.25) is 41.6 Å². The van der Waals surface area contributed by atoms with Crippen LogP contribution in [-0.2, 0) is 41.4 Å². The van der Waals surface area contributed by atoms with Crippen molar-refractivity contribution in [2.24, 2.45) is 0 Å². The van der Waals surface area contributed by atoms with Crippen LogP contribution in [-0.4, -0.2) is 147 Å². The molecule has 330 valence electrons. The third-order valence-corrected chi connectivity index (χ3v) is 11.9. The third kappa shape index (κ3) is 8.32. The molecule has 13 atom stereocenters. The minimum Gasteiger partial charge on any atom is -0.394 e. The van der Waals surface area contributed by atoms with Crippen LogP contribution in [0.1, 0.15) is 25.1 Å². The van der Waals surface area contributed by atoms with E-state index in [9.17, 15) is 53.3 Å². The van der Waals surface area contributed by atoms with Crippen molar-refractivity contribution in [3.8, 4) is 0 Å². The number of rotatable bonds is 14. The van der Waals surface area contributed by atoms with E-state index < -0.39 is 120 Å². The molecule has 11 N–H and O–H groups in total. The highest BCUT2D eigenvalue weighted by molar-refractivity contribution is 7.47. The van der Waals surface area contributed by atoms with Crippen LogP contribution in [0.15, 0.2) is 41.1 Å². The van der Waals surface area contributed by atoms with Gasteiger partial charge in [0.2, 0.25) is 5.82 Å². The first kappa shape index (κ1) is 42.9. The molecule has 3 aliphatic heterocycles. The van der Waals surface area contributed by atoms with E-state index in [1.54, 1.807) is 4.98 Å². The summed E-state index contributed by atoms with van der Waals surface area (Å²) in [7, 11) is -10.6. The summed E-state index contributed by atoms with van der Waals surface area (Å²) >= 11 is 0. The summed E-state index contributed by atoms with van der Waals surface area (Å²) in [4.78, 5) is 71.2. The van der Waals surface area contributed by atoms with Crippen molar-refractivity contribution in [2.45, 2.75) is 73.9 Å². The Bertz CT molecular complexity index is 2650. The van der Waals surface area contributed by atoms with Gasteiger partial charge >= 0.3 is 21.3 Å². The molecule has 0 bridgehead atoms. The number of nitrogen functional groups attached to an aromatic ring is 2. The van der Waals surface area contributed by atoms with Crippen LogP contribution in [0.2, 0.25) is 0 Å². The molecule has 2 unspecified atom stereocenters. The molecule has 3 aliphatic rings. The van der Waals surface area contributed by atoms with Gasteiger partial charge < -0.3 is 55.9 Å². The number of anilines is 2. The second-order valence-electron chi connectivity index (χ2n) is 13.7. The number of ether oxygens (including phenoxy) is 3. The first-order valence-corrected chi connectivity index (χ1v) is 20.7. The SMILES string of the molecule is Nc1ncnc2c1ncn2[C@@H]1O[C@H](CO)[C@@H](O)[C@H]1OP(=O)(O)OC[C@H]1O[C@@H](n2cnc3c(N)ncnc32)[C@H](OP(=O)(O)OC[C@H]2O[C@@H](n3cc(F)c(=O)[nH]c3=O)C[C@@H]2O)[C@@H]1O. The largest absolute Gasteiger partial charge is 0.472 e. The van der Waals surface area contributed by atoms with E-state index in [1.165, 1.54) is 10.9 Å². The number of phosphoric acid groups is 2. The second-order valence-corrected chi connectivity index (χ2v) is 16.5. The van der Waals surface area contributed by atoms with Crippen molar-refractivity contribution < 1.29 is 76.0 Å². The van der Waals surface area contributed by atoms with Crippen molar-refractivity contribution >= 4 is 49.6 Å². The normalized spacial score (nSPS) is 31.2. The molecule has 0 saturated carbocycles. The van der Waals surface area contributed by atoms with Gasteiger partial charge in [-0.05, 0) is 0 Å². The highest BCUT2D eigenvalue weighted by atomic mass is 31.2. The van der Waals surface area contributed by atoms with Gasteiger partial charge in [0.1, 0.15) is 72.6 Å². The maximum absolute atomic E-state index is 13.9. The fourth-order valence-electron chi connectivity index (χ4n) is 6.93. The number of nitrogens with two attached hydrogens (primary N) is 2. The predicted molar refractivity (Wildman–Crippen MR) is 194 cm³/mol. The van der Waals surface area contributed by atoms with Crippen molar-refractivity contribution in [3.05, 3.63) is 58.2 Å². The first-order chi connectivity index (χ1) is 28.9. The number of imidazole rings is 2. The highest BCUT2D eigenvalue weighted by Gasteiger charge is 2.53. The zero-order valence-electron chi connectivity index (χ0n) is 30.7. The quantitative estimate of drug-likeness (QED) is 0.0492. The van der Waals surface area contributed by atoms with Crippen molar-refractivity contribution in [2.75, 3.05) is 31.3 Å². The van der Waals surface area contributed by atoms with Crippen molar-refractivity contribution in [1.29, 1.82) is 0 Å². The summed E-state index contributed by atoms with van der Waals surface area (Å²) in [6.45, 7) is -2.58. The van der Waals surface area contributed by atoms with E-state index in [0.29, 0.717) is 10.8 Å². The zero-order chi connectivity index (χ0) is 43.5. The van der Waals surface area contributed by atoms with Crippen LogP contribution in [0.3, 0.4) is 0 Å². The van der Waals surface area contributed by atoms with Gasteiger partial charge in [0.05, 0.1) is 44.8 Å². The number of hydrogen-bond acceptors (Lipinski definition) is 23. The van der Waals surface area contributed by atoms with Crippen LogP contribution < -0.4 is 22.7 Å². The van der Waals surface area contributed by atoms with Gasteiger partial charge in [-0.15, -0.1) is 0 Å². The van der Waals surface area contributed by atoms with Gasteiger partial charge in [0, 0.05) is 6.42 Å². The molecule has 3 fully saturated rings. The number of aromatic amines is 1. The Kier molecular flexibility index (Phi) is 11.6. The van der Waals surface area contributed by atoms with E-state index in [1.807, 2.05) is 0 Å². The predicted octanol–water partition coefficient (Wildman–Crippen LogP) is -3.32. The lowest BCUT2D eigenvalue weighted by atomic mass is 10.1. The second kappa shape index (κ2) is 16.5. The van der Waals surface area contributed by atoms with E-state index in [-0.39, 0.29) is 40.4 Å². The number of fused-ring (bicyclic) bond motifs is 2. The Labute approximate surface area is 337 Å². The Morgan fingerprint density at radius 1 is 0.770 bits per heavy atom. The van der Waals surface area contributed by atoms with Crippen molar-refractivity contribution in [3.63, 3.8) is 0 Å². The molecule has 61 heavy (non-hydrogen) atoms. The number of phosphoric ester groups is 2. The van der Waals surface area contributed by atoms with Gasteiger partial charge in [-0.2, -0.15) is 4.39 Å². The summed E-state index contributed by atoms with van der Waals surface area (Å²) in [6.07, 6.45) is -12.7. The number of aromatic nitrogens is 10. The number of aliphatic hydroxyl groups is 4. The fraction of sp³-hybridized carbons (Fsp3) is 0.517. The topological polar surface area (TPSA) is 414 Å². The lowest BCUT2D eigenvalue weighted by Gasteiger charge is -2.25. The molecular weight excluding hydrogens is 869 g/mol. The summed E-state index contributed by atoms with van der Waals surface area (Å²) < 4.78 is 81.9. The van der Waals surface area contributed by atoms with Crippen LogP contribution in [0, 0.1) is 5.82 Å². The average molecular weight is 905 g/mol. The number of nitrogens with zero attached hydrogens (tertiary/aromatic N) is 9. The number of aliphatic hydroxyl groups excluding tert-OH is 4. The molecule has 5 aromatic rings. The lowest BCUT2D eigenvalue weighted by molar-refractivity contribution is -0.0641. The van der Waals surface area contributed by atoms with E-state index in [2.05, 4.69) is 29.9 Å². The van der Waals surface area contributed by atoms with Crippen LogP contribution in [0.25, 0.3) is 22.3 Å². The number of nitrogens with one attached hydrogen (secondary N) is 1. The Hall–Kier alpha value is -4.75. The summed E-state index contributed by atoms with van der Waals surface area (Å²) in [5.41, 5.74) is 9.70. The fourth-order valence-corrected chi connectivity index (χ4v) is 8.79. The highest BCUT2D eigenvalue weighted by Crippen LogP contribution is 2.52. The molecular formula is C29H35FN12O17P2. The van der Waals surface area contributed by atoms with Crippen LogP contribution in [0.5, 0.6) is 0 Å². The summed E-state index contributed by atoms with van der Waals surface area (Å²) in [6, 6.07) is 0. The number of hydrogen-bond donors (Lipinski definition) is 9. The monoisotopic (exact) mass is 904 g/mol. The molecule has 0 spiro atoms. The molecule has 0 aromatic carbocycles. The number of H-pyrrole nitrogens is 1. The van der Waals surface area contributed by atoms with Crippen molar-refractivity contribution in [1.82, 2.24) is 48.6 Å². The molecule has 3 saturated heterocycles. The smallest absolute Gasteiger partial charge is 0.394 e. The van der Waals surface area contributed by atoms with Gasteiger partial charge in [0.25, 0.3) is 5.56 Å². The Morgan fingerprint density at radius 2 is 1.28 bits per heavy atom. The summed E-state index contributed by atoms with van der Waals surface area (Å²) in [5.74, 6) is -1.40. The Morgan fingerprint density at radius 3 is 1.82 bits per heavy atom. The van der Waals surface area contributed by atoms with E-state index >= 15 is 0 Å². The van der Waals surface area contributed by atoms with Crippen LogP contribution in [0.4, 0.5) is 16.0 Å². The molecule has 32 heteroatoms. The Balaban J connectivity index is 0.983. The van der Waals surface area contributed by atoms with Gasteiger partial charge in [-0.1, -0.05) is 0 Å². The van der Waals surface area contributed by atoms with E-state index in [0.717, 1.165) is 23.5 Å². The zero-order valence-corrected chi connectivity index (χ0v) is 32.5. The minimum absolute atomic E-state index is 0.00840. The van der Waals surface area contributed by atoms with Gasteiger partial charge in [0.15, 0.2) is 35.4 Å². The maximum atomic E-state index is 13.9. The maximum Gasteiger partial charge on any atom is 0.472 e. The molecule has 0 radical (unpaired) electrons. The molecule has 29 nitrogen and oxygen atoms in total. The third-order valence-electron chi connectivity index (χ3n) is 9.88. The molecule has 5 aromatic heterocycles. The lowest BCUT2D eigenvalue weighted by Crippen LogP contribution is -2.36. The minimum atomic E-state index is -5.30. The van der Waals surface area contributed by atoms with Crippen LogP contribution >= 0.6 is 15.6 Å². The molecule has 8 heterocycles. The molecule has 0 aliphatic carbocycles. The molecule has 8 rings (SSSR count). The average Bonchev–Trinajstić information content (AvgIpc) is 4.04. The standard InChI is InChI=1S/C29H35FN12O17P2/c30-10-2-40(29(48)39-26(10)47)15-1-11(44)13(55-15)4-53-60(49,50)59-21-19(46)14(57-28(21)42-9-38-17-23(32)34-7-36-25(17)42)5-54-61(51,52)58-20-18(45)12(3-43)56-27(20)41-8-37-16-22(31)33-6-35-24(16)41/h2,6-9,11-15,18-21,27-28,43-46H,1,3-5H2,(H,49,50)(H,51,52)(H2,31,33,35)(H2,32,34,36)(H,39,47,48)/t11-,12+,13+,14+,15+,18+,19+,20+,21+,27+,28+/m0/s1.